The topological polar surface area (TPSA) is 0 Å². The van der Waals surface area contributed by atoms with E-state index in [1.165, 1.54) is 0 Å². The summed E-state index contributed by atoms with van der Waals surface area (Å²) in [4.78, 5) is 0. The van der Waals surface area contributed by atoms with Gasteiger partial charge in [-0.15, -0.1) is 0 Å². The molecule has 0 aliphatic rings. The van der Waals surface area contributed by atoms with Crippen LogP contribution in [-0.4, -0.2) is 21.6 Å². The van der Waals surface area contributed by atoms with Crippen molar-refractivity contribution in [2.24, 2.45) is 0 Å². The van der Waals surface area contributed by atoms with Crippen molar-refractivity contribution in [3.8, 4) is 0 Å². The third-order valence-electron chi connectivity index (χ3n) is 2.67. The molecule has 23 heavy (non-hydrogen) atoms. The predicted octanol–water partition coefficient (Wildman–Crippen LogP) is 2.46. The molecule has 0 atom stereocenters. The van der Waals surface area contributed by atoms with Crippen molar-refractivity contribution >= 4 is 28.6 Å². The Kier molecular flexibility index (Phi) is 4.84. The first-order valence-corrected chi connectivity index (χ1v) is 8.24. The standard InChI is InChI=1S/2C6F5.Sb.H/c2*7-2-1-3(8)5(10)6(11)4(2)9;;. The summed E-state index contributed by atoms with van der Waals surface area (Å²) in [6, 6.07) is 0. The third-order valence-corrected chi connectivity index (χ3v) is 6.60. The van der Waals surface area contributed by atoms with Crippen molar-refractivity contribution in [1.29, 1.82) is 0 Å². The van der Waals surface area contributed by atoms with Crippen LogP contribution in [0, 0.1) is 58.2 Å². The fraction of sp³-hybridized carbons (Fsp3) is 0. The summed E-state index contributed by atoms with van der Waals surface area (Å²) in [7, 11) is 0. The van der Waals surface area contributed by atoms with E-state index in [-0.39, 0.29) is 0 Å². The van der Waals surface area contributed by atoms with Crippen molar-refractivity contribution in [2.75, 3.05) is 0 Å². The molecule has 2 aromatic carbocycles. The molecule has 0 saturated carbocycles. The molecule has 0 aliphatic heterocycles. The zero-order valence-corrected chi connectivity index (χ0v) is 13.1. The summed E-state index contributed by atoms with van der Waals surface area (Å²) in [5, 5.41) is 0. The Morgan fingerprint density at radius 3 is 0.696 bits per heavy atom. The molecular formula is C12HF10Sb. The minimum atomic E-state index is -3.60. The van der Waals surface area contributed by atoms with Gasteiger partial charge in [-0.3, -0.25) is 0 Å². The number of rotatable bonds is 2. The Balaban J connectivity index is 2.71. The van der Waals surface area contributed by atoms with Gasteiger partial charge < -0.3 is 0 Å². The van der Waals surface area contributed by atoms with Crippen LogP contribution in [0.4, 0.5) is 43.9 Å². The second-order valence-corrected chi connectivity index (χ2v) is 7.58. The zero-order chi connectivity index (χ0) is 17.6. The Labute approximate surface area is 131 Å². The molecule has 2 aromatic rings. The molecule has 0 radical (unpaired) electrons. The second-order valence-electron chi connectivity index (χ2n) is 4.01. The van der Waals surface area contributed by atoms with Crippen molar-refractivity contribution < 1.29 is 43.9 Å². The molecule has 0 nitrogen and oxygen atoms in total. The summed E-state index contributed by atoms with van der Waals surface area (Å²) < 4.78 is 128. The van der Waals surface area contributed by atoms with E-state index in [2.05, 4.69) is 0 Å². The predicted molar refractivity (Wildman–Crippen MR) is 58.9 cm³/mol. The quantitative estimate of drug-likeness (QED) is 0.282. The Morgan fingerprint density at radius 2 is 0.478 bits per heavy atom. The monoisotopic (exact) mass is 456 g/mol. The van der Waals surface area contributed by atoms with E-state index in [4.69, 9.17) is 0 Å². The van der Waals surface area contributed by atoms with Crippen molar-refractivity contribution in [2.45, 2.75) is 0 Å². The maximum absolute atomic E-state index is 13.4. The van der Waals surface area contributed by atoms with E-state index < -0.39 is 86.8 Å². The van der Waals surface area contributed by atoms with Gasteiger partial charge in [0.1, 0.15) is 0 Å². The fourth-order valence-corrected chi connectivity index (χ4v) is 4.77. The number of hydrogen-bond donors (Lipinski definition) is 0. The van der Waals surface area contributed by atoms with Gasteiger partial charge in [0.2, 0.25) is 0 Å². The first-order valence-electron chi connectivity index (χ1n) is 5.39. The molecule has 11 heteroatoms. The van der Waals surface area contributed by atoms with Gasteiger partial charge in [-0.2, -0.15) is 0 Å². The SMILES string of the molecule is Fc1c(F)c(F)[c]([SbH][c]2c(F)c(F)c(F)c(F)c2F)c(F)c1F. The van der Waals surface area contributed by atoms with Crippen molar-refractivity contribution in [1.82, 2.24) is 0 Å². The Hall–Kier alpha value is -1.44. The number of hydrogen-bond acceptors (Lipinski definition) is 0. The molecule has 0 spiro atoms. The van der Waals surface area contributed by atoms with Gasteiger partial charge in [0.25, 0.3) is 0 Å². The summed E-state index contributed by atoms with van der Waals surface area (Å²) in [6.45, 7) is 0. The van der Waals surface area contributed by atoms with Crippen LogP contribution in [0.2, 0.25) is 0 Å². The second kappa shape index (κ2) is 6.22. The normalized spacial score (nSPS) is 11.2. The molecule has 0 amide bonds. The van der Waals surface area contributed by atoms with Crippen LogP contribution < -0.4 is 7.02 Å². The molecule has 2 rings (SSSR count). The Bertz CT molecular complexity index is 691. The van der Waals surface area contributed by atoms with Gasteiger partial charge in [-0.1, -0.05) is 0 Å². The Morgan fingerprint density at radius 1 is 0.304 bits per heavy atom. The first kappa shape index (κ1) is 17.9. The molecule has 0 fully saturated rings. The molecule has 124 valence electrons. The number of halogens is 10. The van der Waals surface area contributed by atoms with Crippen LogP contribution in [0.1, 0.15) is 0 Å². The molecule has 0 bridgehead atoms. The van der Waals surface area contributed by atoms with E-state index >= 15 is 0 Å². The van der Waals surface area contributed by atoms with Crippen LogP contribution in [0.3, 0.4) is 0 Å². The van der Waals surface area contributed by atoms with E-state index in [9.17, 15) is 43.9 Å². The molecule has 0 N–H and O–H groups in total. The van der Waals surface area contributed by atoms with Gasteiger partial charge in [-0.25, -0.2) is 0 Å². The van der Waals surface area contributed by atoms with E-state index in [0.29, 0.717) is 0 Å². The molecule has 0 heterocycles. The molecular weight excluding hydrogens is 456 g/mol. The van der Waals surface area contributed by atoms with Crippen LogP contribution >= 0.6 is 0 Å². The van der Waals surface area contributed by atoms with Gasteiger partial charge >= 0.3 is 131 Å². The number of benzene rings is 2. The third kappa shape index (κ3) is 2.77. The van der Waals surface area contributed by atoms with Gasteiger partial charge in [0, 0.05) is 0 Å². The van der Waals surface area contributed by atoms with Crippen LogP contribution in [0.25, 0.3) is 0 Å². The molecule has 0 aliphatic carbocycles. The maximum atomic E-state index is 13.4. The zero-order valence-electron chi connectivity index (χ0n) is 10.3. The molecule has 0 aromatic heterocycles. The fourth-order valence-electron chi connectivity index (χ4n) is 1.55. The van der Waals surface area contributed by atoms with Gasteiger partial charge in [0.15, 0.2) is 0 Å². The van der Waals surface area contributed by atoms with Crippen LogP contribution in [-0.2, 0) is 0 Å². The van der Waals surface area contributed by atoms with E-state index in [1.54, 1.807) is 0 Å². The summed E-state index contributed by atoms with van der Waals surface area (Å²) in [5.74, 6) is -23.9. The van der Waals surface area contributed by atoms with Gasteiger partial charge in [0.05, 0.1) is 0 Å². The van der Waals surface area contributed by atoms with Crippen molar-refractivity contribution in [3.05, 3.63) is 58.2 Å². The van der Waals surface area contributed by atoms with Gasteiger partial charge in [-0.05, 0) is 0 Å². The van der Waals surface area contributed by atoms with E-state index in [1.807, 2.05) is 0 Å². The first-order chi connectivity index (χ1) is 10.6. The minimum absolute atomic E-state index is 1.56. The summed E-state index contributed by atoms with van der Waals surface area (Å²) >= 11 is -3.60. The summed E-state index contributed by atoms with van der Waals surface area (Å²) in [6.07, 6.45) is 0. The molecule has 0 saturated heterocycles. The molecule has 0 unspecified atom stereocenters. The average Bonchev–Trinajstić information content (AvgIpc) is 2.54. The van der Waals surface area contributed by atoms with Crippen LogP contribution in [0.5, 0.6) is 0 Å². The van der Waals surface area contributed by atoms with Crippen LogP contribution in [0.15, 0.2) is 0 Å². The van der Waals surface area contributed by atoms with Crippen molar-refractivity contribution in [3.63, 3.8) is 0 Å². The van der Waals surface area contributed by atoms with E-state index in [0.717, 1.165) is 0 Å². The summed E-state index contributed by atoms with van der Waals surface area (Å²) in [5.41, 5.74) is 0. The average molecular weight is 457 g/mol.